The van der Waals surface area contributed by atoms with Gasteiger partial charge in [-0.25, -0.2) is 9.79 Å². The molecule has 0 N–H and O–H groups in total. The highest BCUT2D eigenvalue weighted by Gasteiger charge is 2.34. The summed E-state index contributed by atoms with van der Waals surface area (Å²) in [7, 11) is 0. The summed E-state index contributed by atoms with van der Waals surface area (Å²) in [5.74, 6) is -0.300. The largest absolute Gasteiger partial charge is 0.462 e. The zero-order chi connectivity index (χ0) is 23.7. The second-order valence-corrected chi connectivity index (χ2v) is 9.93. The van der Waals surface area contributed by atoms with Crippen molar-refractivity contribution < 1.29 is 14.5 Å². The molecule has 1 aliphatic heterocycles. The molecule has 0 aliphatic carbocycles. The van der Waals surface area contributed by atoms with Gasteiger partial charge in [0.15, 0.2) is 4.80 Å². The zero-order valence-electron chi connectivity index (χ0n) is 18.2. The van der Waals surface area contributed by atoms with E-state index in [-0.39, 0.29) is 23.8 Å². The molecule has 1 unspecified atom stereocenters. The summed E-state index contributed by atoms with van der Waals surface area (Å²) >= 11 is 2.67. The maximum atomic E-state index is 13.4. The third-order valence-electron chi connectivity index (χ3n) is 5.00. The summed E-state index contributed by atoms with van der Waals surface area (Å²) in [5.41, 5.74) is 1.23. The number of ether oxygens (including phenoxy) is 1. The third kappa shape index (κ3) is 4.57. The molecule has 170 valence electrons. The molecule has 1 aromatic carbocycles. The van der Waals surface area contributed by atoms with Gasteiger partial charge in [0.25, 0.3) is 11.2 Å². The Morgan fingerprint density at radius 1 is 1.30 bits per heavy atom. The first-order chi connectivity index (χ1) is 15.8. The van der Waals surface area contributed by atoms with E-state index in [0.717, 1.165) is 4.88 Å². The van der Waals surface area contributed by atoms with Crippen LogP contribution in [0.1, 0.15) is 37.3 Å². The van der Waals surface area contributed by atoms with Crippen LogP contribution < -0.4 is 14.9 Å². The molecule has 0 radical (unpaired) electrons. The van der Waals surface area contributed by atoms with Crippen LogP contribution in [0.2, 0.25) is 0 Å². The van der Waals surface area contributed by atoms with E-state index in [4.69, 9.17) is 4.74 Å². The Morgan fingerprint density at radius 3 is 2.64 bits per heavy atom. The van der Waals surface area contributed by atoms with Crippen molar-refractivity contribution in [1.82, 2.24) is 4.57 Å². The molecule has 0 saturated heterocycles. The van der Waals surface area contributed by atoms with E-state index in [1.54, 1.807) is 25.1 Å². The van der Waals surface area contributed by atoms with Crippen molar-refractivity contribution in [3.8, 4) is 0 Å². The van der Waals surface area contributed by atoms with Crippen LogP contribution in [0.25, 0.3) is 6.08 Å². The molecular weight excluding hydrogens is 462 g/mol. The van der Waals surface area contributed by atoms with Crippen molar-refractivity contribution in [3.63, 3.8) is 0 Å². The lowest BCUT2D eigenvalue weighted by Crippen LogP contribution is -2.39. The van der Waals surface area contributed by atoms with Crippen molar-refractivity contribution in [2.45, 2.75) is 26.8 Å². The Morgan fingerprint density at radius 2 is 2.03 bits per heavy atom. The lowest BCUT2D eigenvalue weighted by molar-refractivity contribution is -0.384. The Labute approximate surface area is 197 Å². The third-order valence-corrected chi connectivity index (χ3v) is 6.91. The van der Waals surface area contributed by atoms with Crippen LogP contribution >= 0.6 is 22.7 Å². The van der Waals surface area contributed by atoms with Crippen molar-refractivity contribution in [3.05, 3.63) is 93.3 Å². The van der Waals surface area contributed by atoms with Gasteiger partial charge >= 0.3 is 5.97 Å². The minimum atomic E-state index is -0.625. The number of aromatic nitrogens is 1. The first-order valence-electron chi connectivity index (χ1n) is 10.2. The molecule has 4 rings (SSSR count). The van der Waals surface area contributed by atoms with E-state index in [0.29, 0.717) is 26.2 Å². The highest BCUT2D eigenvalue weighted by atomic mass is 32.1. The quantitative estimate of drug-likeness (QED) is 0.304. The van der Waals surface area contributed by atoms with Crippen molar-refractivity contribution in [1.29, 1.82) is 0 Å². The molecule has 1 aliphatic rings. The van der Waals surface area contributed by atoms with Gasteiger partial charge in [-0.3, -0.25) is 19.5 Å². The van der Waals surface area contributed by atoms with Gasteiger partial charge in [0, 0.05) is 17.0 Å². The molecule has 0 amide bonds. The zero-order valence-corrected chi connectivity index (χ0v) is 19.8. The first kappa shape index (κ1) is 22.8. The fraction of sp³-hybridized carbons (Fsp3) is 0.261. The van der Waals surface area contributed by atoms with E-state index in [9.17, 15) is 19.7 Å². The molecule has 0 bridgehead atoms. The molecule has 10 heteroatoms. The van der Waals surface area contributed by atoms with E-state index < -0.39 is 16.9 Å². The summed E-state index contributed by atoms with van der Waals surface area (Å²) < 4.78 is 7.46. The number of rotatable bonds is 6. The number of carbonyl (C=O) groups excluding carboxylic acids is 1. The fourth-order valence-electron chi connectivity index (χ4n) is 3.46. The van der Waals surface area contributed by atoms with Gasteiger partial charge in [0.1, 0.15) is 6.04 Å². The summed E-state index contributed by atoms with van der Waals surface area (Å²) in [4.78, 5) is 42.8. The van der Waals surface area contributed by atoms with Gasteiger partial charge in [0.2, 0.25) is 0 Å². The number of allylic oxidation sites excluding steroid dienone is 1. The van der Waals surface area contributed by atoms with Gasteiger partial charge in [-0.1, -0.05) is 31.3 Å². The highest BCUT2D eigenvalue weighted by molar-refractivity contribution is 7.10. The number of carbonyl (C=O) groups is 1. The number of nitro benzene ring substituents is 1. The van der Waals surface area contributed by atoms with E-state index in [2.05, 4.69) is 4.99 Å². The maximum absolute atomic E-state index is 13.4. The van der Waals surface area contributed by atoms with Gasteiger partial charge < -0.3 is 4.74 Å². The number of hydrogen-bond acceptors (Lipinski definition) is 8. The van der Waals surface area contributed by atoms with Crippen LogP contribution in [-0.2, 0) is 9.53 Å². The average Bonchev–Trinajstić information content (AvgIpc) is 3.40. The molecule has 8 nitrogen and oxygen atoms in total. The summed E-state index contributed by atoms with van der Waals surface area (Å²) in [6.07, 6.45) is 1.68. The summed E-state index contributed by atoms with van der Waals surface area (Å²) in [6, 6.07) is 9.10. The van der Waals surface area contributed by atoms with Crippen LogP contribution in [0.4, 0.5) is 5.69 Å². The Hall–Kier alpha value is -3.37. The van der Waals surface area contributed by atoms with Gasteiger partial charge in [-0.15, -0.1) is 11.3 Å². The number of benzene rings is 1. The Bertz CT molecular complexity index is 1410. The van der Waals surface area contributed by atoms with E-state index in [1.165, 1.54) is 39.4 Å². The standard InChI is InChI=1S/C23H21N3O5S2/c1-13(2)12-31-22(28)19-14(3)24-23-25(20(19)17-5-4-10-32-17)21(27)18(33-23)11-15-6-8-16(9-7-15)26(29)30/h4-11,13,20H,12H2,1-3H3. The number of nitro groups is 1. The second-order valence-electron chi connectivity index (χ2n) is 7.94. The summed E-state index contributed by atoms with van der Waals surface area (Å²) in [5, 5.41) is 12.8. The summed E-state index contributed by atoms with van der Waals surface area (Å²) in [6.45, 7) is 5.94. The molecule has 0 saturated carbocycles. The Kier molecular flexibility index (Phi) is 6.39. The Balaban J connectivity index is 1.83. The second kappa shape index (κ2) is 9.24. The van der Waals surface area contributed by atoms with Crippen molar-refractivity contribution in [2.24, 2.45) is 10.9 Å². The number of hydrogen-bond donors (Lipinski definition) is 0. The number of fused-ring (bicyclic) bond motifs is 1. The molecule has 2 aromatic heterocycles. The van der Waals surface area contributed by atoms with Crippen LogP contribution in [0.3, 0.4) is 0 Å². The van der Waals surface area contributed by atoms with Crippen molar-refractivity contribution >= 4 is 40.4 Å². The normalized spacial score (nSPS) is 16.0. The number of thiazole rings is 1. The highest BCUT2D eigenvalue weighted by Crippen LogP contribution is 2.33. The van der Waals surface area contributed by atoms with E-state index >= 15 is 0 Å². The predicted octanol–water partition coefficient (Wildman–Crippen LogP) is 3.40. The van der Waals surface area contributed by atoms with Gasteiger partial charge in [-0.2, -0.15) is 0 Å². The SMILES string of the molecule is CC1=C(C(=O)OCC(C)C)C(c2cccs2)n2c(sc(=Cc3ccc([N+](=O)[O-])cc3)c2=O)=N1. The van der Waals surface area contributed by atoms with Crippen LogP contribution in [0.5, 0.6) is 0 Å². The minimum Gasteiger partial charge on any atom is -0.462 e. The van der Waals surface area contributed by atoms with Crippen LogP contribution in [0, 0.1) is 16.0 Å². The molecule has 0 fully saturated rings. The van der Waals surface area contributed by atoms with E-state index in [1.807, 2.05) is 31.4 Å². The number of esters is 1. The minimum absolute atomic E-state index is 0.0218. The van der Waals surface area contributed by atoms with Crippen LogP contribution in [0.15, 0.2) is 62.8 Å². The molecule has 3 aromatic rings. The molecule has 33 heavy (non-hydrogen) atoms. The molecular formula is C23H21N3O5S2. The van der Waals surface area contributed by atoms with Gasteiger partial charge in [0.05, 0.1) is 27.3 Å². The smallest absolute Gasteiger partial charge is 0.338 e. The molecule has 3 heterocycles. The fourth-order valence-corrected chi connectivity index (χ4v) is 5.33. The lowest BCUT2D eigenvalue weighted by Gasteiger charge is -2.23. The average molecular weight is 484 g/mol. The van der Waals surface area contributed by atoms with Gasteiger partial charge in [-0.05, 0) is 48.1 Å². The van der Waals surface area contributed by atoms with Crippen molar-refractivity contribution in [2.75, 3.05) is 6.61 Å². The van der Waals surface area contributed by atoms with Crippen LogP contribution in [-0.4, -0.2) is 22.1 Å². The topological polar surface area (TPSA) is 104 Å². The lowest BCUT2D eigenvalue weighted by atomic mass is 10.0. The monoisotopic (exact) mass is 483 g/mol. The number of non-ortho nitro benzene ring substituents is 1. The maximum Gasteiger partial charge on any atom is 0.338 e. The molecule has 0 spiro atoms. The predicted molar refractivity (Wildman–Crippen MR) is 127 cm³/mol. The number of nitrogens with zero attached hydrogens (tertiary/aromatic N) is 3. The first-order valence-corrected chi connectivity index (χ1v) is 11.9. The number of thiophene rings is 1. The molecule has 1 atom stereocenters.